The van der Waals surface area contributed by atoms with Crippen molar-refractivity contribution in [2.24, 2.45) is 0 Å². The molecule has 0 atom stereocenters. The minimum absolute atomic E-state index is 0.0489. The van der Waals surface area contributed by atoms with Gasteiger partial charge in [-0.1, -0.05) is 17.8 Å². The number of rotatable bonds is 7. The van der Waals surface area contributed by atoms with Crippen LogP contribution in [0.15, 0.2) is 40.8 Å². The van der Waals surface area contributed by atoms with Gasteiger partial charge in [-0.25, -0.2) is 0 Å². The fraction of sp³-hybridized carbons (Fsp3) is 0.214. The van der Waals surface area contributed by atoms with Gasteiger partial charge >= 0.3 is 0 Å². The molecule has 0 aliphatic carbocycles. The number of aromatic nitrogens is 1. The third-order valence-electron chi connectivity index (χ3n) is 2.61. The van der Waals surface area contributed by atoms with Crippen LogP contribution in [-0.2, 0) is 4.79 Å². The quantitative estimate of drug-likeness (QED) is 0.573. The van der Waals surface area contributed by atoms with Crippen LogP contribution < -0.4 is 0 Å². The van der Waals surface area contributed by atoms with Crippen LogP contribution in [0.2, 0.25) is 0 Å². The maximum Gasteiger partial charge on any atom is 0.184 e. The second-order valence-electron chi connectivity index (χ2n) is 4.00. The number of nitrogens with zero attached hydrogens (tertiary/aromatic N) is 1. The molecule has 2 aromatic rings. The lowest BCUT2D eigenvalue weighted by molar-refractivity contribution is -0.114. The van der Waals surface area contributed by atoms with Crippen LogP contribution in [-0.4, -0.2) is 16.7 Å². The summed E-state index contributed by atoms with van der Waals surface area (Å²) in [5.41, 5.74) is 0.314. The highest BCUT2D eigenvalue weighted by molar-refractivity contribution is 7.13. The highest BCUT2D eigenvalue weighted by Crippen LogP contribution is 2.25. The maximum absolute atomic E-state index is 11.8. The lowest BCUT2D eigenvalue weighted by Crippen LogP contribution is -2.01. The smallest absolute Gasteiger partial charge is 0.184 e. The van der Waals surface area contributed by atoms with Crippen molar-refractivity contribution in [2.45, 2.75) is 19.3 Å². The summed E-state index contributed by atoms with van der Waals surface area (Å²) in [5, 5.41) is 5.70. The SMILES string of the molecule is C=CC(=O)CCCC(=O)c1cc(-c2cccs2)on1. The summed E-state index contributed by atoms with van der Waals surface area (Å²) in [6, 6.07) is 5.45. The Labute approximate surface area is 114 Å². The van der Waals surface area contributed by atoms with E-state index in [0.717, 1.165) is 4.88 Å². The van der Waals surface area contributed by atoms with Crippen molar-refractivity contribution in [1.29, 1.82) is 0 Å². The zero-order valence-corrected chi connectivity index (χ0v) is 11.1. The van der Waals surface area contributed by atoms with Crippen LogP contribution in [0.4, 0.5) is 0 Å². The average Bonchev–Trinajstić information content (AvgIpc) is 3.08. The molecule has 4 nitrogen and oxygen atoms in total. The van der Waals surface area contributed by atoms with Gasteiger partial charge in [-0.15, -0.1) is 11.3 Å². The fourth-order valence-corrected chi connectivity index (χ4v) is 2.27. The zero-order chi connectivity index (χ0) is 13.7. The van der Waals surface area contributed by atoms with Gasteiger partial charge < -0.3 is 4.52 Å². The Bertz CT molecular complexity index is 584. The minimum atomic E-state index is -0.108. The molecule has 0 fully saturated rings. The van der Waals surface area contributed by atoms with Crippen molar-refractivity contribution >= 4 is 22.9 Å². The van der Waals surface area contributed by atoms with Crippen LogP contribution in [0.3, 0.4) is 0 Å². The molecule has 0 saturated heterocycles. The third kappa shape index (κ3) is 3.48. The van der Waals surface area contributed by atoms with E-state index in [1.54, 1.807) is 6.07 Å². The molecule has 19 heavy (non-hydrogen) atoms. The number of thiophene rings is 1. The first-order valence-corrected chi connectivity index (χ1v) is 6.77. The summed E-state index contributed by atoms with van der Waals surface area (Å²) >= 11 is 1.53. The number of hydrogen-bond acceptors (Lipinski definition) is 5. The van der Waals surface area contributed by atoms with Crippen LogP contribution in [0.25, 0.3) is 10.6 Å². The van der Waals surface area contributed by atoms with Crippen LogP contribution in [0, 0.1) is 0 Å². The van der Waals surface area contributed by atoms with E-state index in [-0.39, 0.29) is 18.0 Å². The topological polar surface area (TPSA) is 60.2 Å². The molecular formula is C14H13NO3S. The second kappa shape index (κ2) is 6.24. The second-order valence-corrected chi connectivity index (χ2v) is 4.95. The summed E-state index contributed by atoms with van der Waals surface area (Å²) < 4.78 is 5.14. The Morgan fingerprint density at radius 3 is 2.95 bits per heavy atom. The van der Waals surface area contributed by atoms with E-state index in [1.807, 2.05) is 17.5 Å². The Hall–Kier alpha value is -2.01. The van der Waals surface area contributed by atoms with Crippen molar-refractivity contribution in [2.75, 3.05) is 0 Å². The lowest BCUT2D eigenvalue weighted by Gasteiger charge is -1.94. The third-order valence-corrected chi connectivity index (χ3v) is 3.50. The van der Waals surface area contributed by atoms with Crippen molar-refractivity contribution in [3.63, 3.8) is 0 Å². The average molecular weight is 275 g/mol. The molecular weight excluding hydrogens is 262 g/mol. The number of ketones is 2. The number of carbonyl (C=O) groups is 2. The highest BCUT2D eigenvalue weighted by atomic mass is 32.1. The largest absolute Gasteiger partial charge is 0.355 e. The molecule has 2 aromatic heterocycles. The summed E-state index contributed by atoms with van der Waals surface area (Å²) in [7, 11) is 0. The van der Waals surface area contributed by atoms with E-state index in [2.05, 4.69) is 11.7 Å². The molecule has 0 aromatic carbocycles. The predicted octanol–water partition coefficient (Wildman–Crippen LogP) is 3.51. The first-order chi connectivity index (χ1) is 9.20. The molecule has 0 saturated carbocycles. The Morgan fingerprint density at radius 2 is 2.26 bits per heavy atom. The summed E-state index contributed by atoms with van der Waals surface area (Å²) in [4.78, 5) is 23.8. The Kier molecular flexibility index (Phi) is 4.41. The van der Waals surface area contributed by atoms with Crippen molar-refractivity contribution in [3.8, 4) is 10.6 Å². The van der Waals surface area contributed by atoms with Crippen molar-refractivity contribution in [1.82, 2.24) is 5.16 Å². The summed E-state index contributed by atoms with van der Waals surface area (Å²) in [6.07, 6.45) is 2.40. The van der Waals surface area contributed by atoms with E-state index in [9.17, 15) is 9.59 Å². The van der Waals surface area contributed by atoms with Gasteiger partial charge in [0, 0.05) is 18.9 Å². The van der Waals surface area contributed by atoms with E-state index in [0.29, 0.717) is 24.3 Å². The molecule has 0 aliphatic rings. The molecule has 0 amide bonds. The van der Waals surface area contributed by atoms with Crippen molar-refractivity contribution in [3.05, 3.63) is 41.9 Å². The summed E-state index contributed by atoms with van der Waals surface area (Å²) in [6.45, 7) is 3.39. The number of Topliss-reactive ketones (excluding diaryl/α,β-unsaturated/α-hetero) is 1. The fourth-order valence-electron chi connectivity index (χ4n) is 1.59. The van der Waals surface area contributed by atoms with E-state index in [4.69, 9.17) is 4.52 Å². The Balaban J connectivity index is 1.93. The molecule has 2 rings (SSSR count). The van der Waals surface area contributed by atoms with Crippen LogP contribution in [0.1, 0.15) is 29.8 Å². The van der Waals surface area contributed by atoms with Gasteiger partial charge in [0.25, 0.3) is 0 Å². The number of carbonyl (C=O) groups excluding carboxylic acids is 2. The van der Waals surface area contributed by atoms with Gasteiger partial charge in [0.15, 0.2) is 17.3 Å². The number of allylic oxidation sites excluding steroid dienone is 1. The van der Waals surface area contributed by atoms with Crippen LogP contribution >= 0.6 is 11.3 Å². The summed E-state index contributed by atoms with van der Waals surface area (Å²) in [5.74, 6) is 0.441. The molecule has 0 unspecified atom stereocenters. The van der Waals surface area contributed by atoms with Gasteiger partial charge in [0.2, 0.25) is 0 Å². The van der Waals surface area contributed by atoms with Crippen molar-refractivity contribution < 1.29 is 14.1 Å². The molecule has 5 heteroatoms. The minimum Gasteiger partial charge on any atom is -0.355 e. The molecule has 0 aliphatic heterocycles. The van der Waals surface area contributed by atoms with E-state index < -0.39 is 0 Å². The van der Waals surface area contributed by atoms with E-state index in [1.165, 1.54) is 17.4 Å². The van der Waals surface area contributed by atoms with Crippen LogP contribution in [0.5, 0.6) is 0 Å². The zero-order valence-electron chi connectivity index (χ0n) is 10.3. The molecule has 0 bridgehead atoms. The maximum atomic E-state index is 11.8. The predicted molar refractivity (Wildman–Crippen MR) is 73.2 cm³/mol. The molecule has 98 valence electrons. The first kappa shape index (κ1) is 13.4. The standard InChI is InChI=1S/C14H13NO3S/c1-2-10(16)5-3-6-12(17)11-9-13(18-15-11)14-7-4-8-19-14/h2,4,7-9H,1,3,5-6H2. The van der Waals surface area contributed by atoms with Gasteiger partial charge in [0.05, 0.1) is 4.88 Å². The number of hydrogen-bond donors (Lipinski definition) is 0. The van der Waals surface area contributed by atoms with Gasteiger partial charge in [-0.3, -0.25) is 9.59 Å². The van der Waals surface area contributed by atoms with Gasteiger partial charge in [0.1, 0.15) is 5.69 Å². The first-order valence-electron chi connectivity index (χ1n) is 5.90. The molecule has 2 heterocycles. The monoisotopic (exact) mass is 275 g/mol. The van der Waals surface area contributed by atoms with E-state index >= 15 is 0 Å². The lowest BCUT2D eigenvalue weighted by atomic mass is 10.1. The van der Waals surface area contributed by atoms with Gasteiger partial charge in [-0.2, -0.15) is 0 Å². The molecule has 0 radical (unpaired) electrons. The Morgan fingerprint density at radius 1 is 1.42 bits per heavy atom. The molecule has 0 spiro atoms. The molecule has 0 N–H and O–H groups in total. The normalized spacial score (nSPS) is 10.3. The highest BCUT2D eigenvalue weighted by Gasteiger charge is 2.14. The van der Waals surface area contributed by atoms with Gasteiger partial charge in [-0.05, 0) is 23.9 Å².